The third-order valence-corrected chi connectivity index (χ3v) is 6.75. The lowest BCUT2D eigenvalue weighted by Gasteiger charge is -2.17. The van der Waals surface area contributed by atoms with Gasteiger partial charge in [0.05, 0.1) is 29.3 Å². The summed E-state index contributed by atoms with van der Waals surface area (Å²) >= 11 is 10.1. The first-order valence-electron chi connectivity index (χ1n) is 9.38. The van der Waals surface area contributed by atoms with Gasteiger partial charge in [-0.1, -0.05) is 66.1 Å². The van der Waals surface area contributed by atoms with Crippen molar-refractivity contribution in [1.29, 1.82) is 0 Å². The van der Waals surface area contributed by atoms with Gasteiger partial charge in [0.2, 0.25) is 0 Å². The SMILES string of the molecule is CCCCCCN1C(=O)/C(=C2\SC(=S)N(CCOC)C2=O)c2cc(Br)ccc21. The van der Waals surface area contributed by atoms with Crippen molar-refractivity contribution in [3.05, 3.63) is 33.1 Å². The first-order chi connectivity index (χ1) is 13.5. The minimum Gasteiger partial charge on any atom is -0.383 e. The van der Waals surface area contributed by atoms with Crippen LogP contribution in [-0.2, 0) is 14.3 Å². The molecule has 3 rings (SSSR count). The molecule has 5 nitrogen and oxygen atoms in total. The smallest absolute Gasteiger partial charge is 0.267 e. The number of benzene rings is 1. The highest BCUT2D eigenvalue weighted by molar-refractivity contribution is 9.10. The fourth-order valence-corrected chi connectivity index (χ4v) is 5.11. The van der Waals surface area contributed by atoms with Gasteiger partial charge < -0.3 is 9.64 Å². The van der Waals surface area contributed by atoms with Crippen molar-refractivity contribution in [2.45, 2.75) is 32.6 Å². The number of carbonyl (C=O) groups excluding carboxylic acids is 2. The molecule has 1 aromatic rings. The molecule has 150 valence electrons. The summed E-state index contributed by atoms with van der Waals surface area (Å²) < 4.78 is 6.42. The Balaban J connectivity index is 1.96. The molecule has 0 atom stereocenters. The highest BCUT2D eigenvalue weighted by Crippen LogP contribution is 2.45. The number of nitrogens with zero attached hydrogens (tertiary/aromatic N) is 2. The van der Waals surface area contributed by atoms with E-state index in [0.717, 1.165) is 41.4 Å². The van der Waals surface area contributed by atoms with E-state index < -0.39 is 0 Å². The number of thiocarbonyl (C=S) groups is 1. The number of unbranched alkanes of at least 4 members (excludes halogenated alkanes) is 3. The maximum atomic E-state index is 13.3. The normalized spacial score (nSPS) is 19.2. The second-order valence-corrected chi connectivity index (χ2v) is 9.26. The van der Waals surface area contributed by atoms with E-state index in [1.54, 1.807) is 12.0 Å². The van der Waals surface area contributed by atoms with Crippen LogP contribution in [0.25, 0.3) is 5.57 Å². The van der Waals surface area contributed by atoms with Gasteiger partial charge in [-0.15, -0.1) is 0 Å². The topological polar surface area (TPSA) is 49.9 Å². The number of thioether (sulfide) groups is 1. The van der Waals surface area contributed by atoms with Crippen LogP contribution in [0.3, 0.4) is 0 Å². The van der Waals surface area contributed by atoms with Gasteiger partial charge >= 0.3 is 0 Å². The van der Waals surface area contributed by atoms with E-state index in [-0.39, 0.29) is 11.8 Å². The molecule has 2 amide bonds. The van der Waals surface area contributed by atoms with Crippen molar-refractivity contribution in [1.82, 2.24) is 4.90 Å². The third-order valence-electron chi connectivity index (χ3n) is 4.81. The second kappa shape index (κ2) is 9.52. The van der Waals surface area contributed by atoms with E-state index in [2.05, 4.69) is 22.9 Å². The van der Waals surface area contributed by atoms with Gasteiger partial charge in [-0.2, -0.15) is 0 Å². The summed E-state index contributed by atoms with van der Waals surface area (Å²) in [6, 6.07) is 5.78. The largest absolute Gasteiger partial charge is 0.383 e. The lowest BCUT2D eigenvalue weighted by molar-refractivity contribution is -0.123. The number of ether oxygens (including phenoxy) is 1. The molecule has 28 heavy (non-hydrogen) atoms. The Morgan fingerprint density at radius 2 is 1.89 bits per heavy atom. The summed E-state index contributed by atoms with van der Waals surface area (Å²) in [6.07, 6.45) is 4.32. The molecule has 2 aliphatic rings. The van der Waals surface area contributed by atoms with Crippen LogP contribution in [0.1, 0.15) is 38.2 Å². The van der Waals surface area contributed by atoms with E-state index in [0.29, 0.717) is 34.5 Å². The van der Waals surface area contributed by atoms with Crippen LogP contribution in [0, 0.1) is 0 Å². The van der Waals surface area contributed by atoms with Gasteiger partial charge in [-0.3, -0.25) is 14.5 Å². The number of carbonyl (C=O) groups is 2. The zero-order chi connectivity index (χ0) is 20.3. The van der Waals surface area contributed by atoms with Gasteiger partial charge in [0, 0.05) is 23.7 Å². The first kappa shape index (κ1) is 21.5. The zero-order valence-electron chi connectivity index (χ0n) is 16.0. The molecule has 0 N–H and O–H groups in total. The van der Waals surface area contributed by atoms with Crippen LogP contribution >= 0.6 is 39.9 Å². The minimum absolute atomic E-state index is 0.114. The van der Waals surface area contributed by atoms with Gasteiger partial charge in [-0.05, 0) is 24.6 Å². The highest BCUT2D eigenvalue weighted by Gasteiger charge is 2.41. The number of methoxy groups -OCH3 is 1. The fourth-order valence-electron chi connectivity index (χ4n) is 3.37. The zero-order valence-corrected chi connectivity index (χ0v) is 19.2. The highest BCUT2D eigenvalue weighted by atomic mass is 79.9. The quantitative estimate of drug-likeness (QED) is 0.308. The van der Waals surface area contributed by atoms with Crippen molar-refractivity contribution in [3.63, 3.8) is 0 Å². The van der Waals surface area contributed by atoms with Gasteiger partial charge in [0.1, 0.15) is 4.32 Å². The maximum absolute atomic E-state index is 13.3. The maximum Gasteiger partial charge on any atom is 0.267 e. The molecule has 0 unspecified atom stereocenters. The van der Waals surface area contributed by atoms with E-state index in [1.165, 1.54) is 16.7 Å². The van der Waals surface area contributed by atoms with Crippen LogP contribution < -0.4 is 4.90 Å². The molecule has 8 heteroatoms. The third kappa shape index (κ3) is 4.20. The Kier molecular flexibility index (Phi) is 7.31. The van der Waals surface area contributed by atoms with E-state index in [1.807, 2.05) is 18.2 Å². The average Bonchev–Trinajstić information content (AvgIpc) is 3.09. The van der Waals surface area contributed by atoms with Gasteiger partial charge in [0.25, 0.3) is 11.8 Å². The summed E-state index contributed by atoms with van der Waals surface area (Å²) in [7, 11) is 1.58. The van der Waals surface area contributed by atoms with Crippen LogP contribution in [0.15, 0.2) is 27.6 Å². The molecule has 0 bridgehead atoms. The number of rotatable bonds is 8. The number of halogens is 1. The van der Waals surface area contributed by atoms with Gasteiger partial charge in [-0.25, -0.2) is 0 Å². The molecule has 0 aliphatic carbocycles. The summed E-state index contributed by atoms with van der Waals surface area (Å²) in [5, 5.41) is 0. The Hall–Kier alpha value is -1.22. The Morgan fingerprint density at radius 1 is 1.11 bits per heavy atom. The van der Waals surface area contributed by atoms with Crippen LogP contribution in [0.4, 0.5) is 5.69 Å². The van der Waals surface area contributed by atoms with E-state index in [9.17, 15) is 9.59 Å². The molecule has 1 saturated heterocycles. The Morgan fingerprint density at radius 3 is 2.61 bits per heavy atom. The second-order valence-electron chi connectivity index (χ2n) is 6.70. The van der Waals surface area contributed by atoms with Crippen molar-refractivity contribution in [2.24, 2.45) is 0 Å². The molecule has 0 saturated carbocycles. The average molecular weight is 483 g/mol. The van der Waals surface area contributed by atoms with Crippen LogP contribution in [-0.4, -0.2) is 47.8 Å². The molecule has 0 radical (unpaired) electrons. The number of hydrogen-bond acceptors (Lipinski definition) is 5. The van der Waals surface area contributed by atoms with Crippen LogP contribution in [0.2, 0.25) is 0 Å². The number of anilines is 1. The molecule has 2 heterocycles. The van der Waals surface area contributed by atoms with Crippen molar-refractivity contribution >= 4 is 67.3 Å². The van der Waals surface area contributed by atoms with E-state index in [4.69, 9.17) is 17.0 Å². The number of hydrogen-bond donors (Lipinski definition) is 0. The lowest BCUT2D eigenvalue weighted by Crippen LogP contribution is -2.32. The summed E-state index contributed by atoms with van der Waals surface area (Å²) in [4.78, 5) is 30.0. The molecular formula is C20H23BrN2O3S2. The summed E-state index contributed by atoms with van der Waals surface area (Å²) in [6.45, 7) is 3.60. The predicted molar refractivity (Wildman–Crippen MR) is 121 cm³/mol. The molecule has 0 spiro atoms. The fraction of sp³-hybridized carbons (Fsp3) is 0.450. The molecule has 1 fully saturated rings. The Labute approximate surface area is 183 Å². The van der Waals surface area contributed by atoms with E-state index >= 15 is 0 Å². The number of amides is 2. The molecule has 2 aliphatic heterocycles. The van der Waals surface area contributed by atoms with Crippen molar-refractivity contribution in [3.8, 4) is 0 Å². The standard InChI is InChI=1S/C20H23BrN2O3S2/c1-3-4-5-6-9-22-15-8-7-13(21)12-14(15)16(18(22)24)17-19(25)23(10-11-26-2)20(27)28-17/h7-8,12H,3-6,9-11H2,1-2H3/b17-16-. The Bertz CT molecular complexity index is 841. The van der Waals surface area contributed by atoms with Crippen molar-refractivity contribution < 1.29 is 14.3 Å². The summed E-state index contributed by atoms with van der Waals surface area (Å²) in [5.74, 6) is -0.328. The van der Waals surface area contributed by atoms with Crippen molar-refractivity contribution in [2.75, 3.05) is 31.7 Å². The first-order valence-corrected chi connectivity index (χ1v) is 11.4. The molecule has 0 aromatic heterocycles. The number of fused-ring (bicyclic) bond motifs is 1. The minimum atomic E-state index is -0.214. The monoisotopic (exact) mass is 482 g/mol. The molecule has 1 aromatic carbocycles. The predicted octanol–water partition coefficient (Wildman–Crippen LogP) is 4.59. The van der Waals surface area contributed by atoms with Gasteiger partial charge in [0.15, 0.2) is 0 Å². The summed E-state index contributed by atoms with van der Waals surface area (Å²) in [5.41, 5.74) is 2.12. The molecular weight excluding hydrogens is 460 g/mol. The lowest BCUT2D eigenvalue weighted by atomic mass is 10.1. The van der Waals surface area contributed by atoms with Crippen LogP contribution in [0.5, 0.6) is 0 Å².